The Morgan fingerprint density at radius 2 is 2.24 bits per heavy atom. The van der Waals surface area contributed by atoms with Crippen LogP contribution < -0.4 is 5.32 Å². The molecule has 0 aromatic carbocycles. The van der Waals surface area contributed by atoms with Crippen molar-refractivity contribution < 1.29 is 14.7 Å². The minimum Gasteiger partial charge on any atom is -0.480 e. The van der Waals surface area contributed by atoms with Gasteiger partial charge in [0.25, 0.3) is 0 Å². The van der Waals surface area contributed by atoms with Gasteiger partial charge in [0.1, 0.15) is 6.04 Å². The van der Waals surface area contributed by atoms with Crippen molar-refractivity contribution >= 4 is 23.2 Å². The molecule has 2 N–H and O–H groups in total. The van der Waals surface area contributed by atoms with Gasteiger partial charge in [0, 0.05) is 24.4 Å². The Morgan fingerprint density at radius 1 is 1.53 bits per heavy atom. The number of carbonyl (C=O) groups excluding carboxylic acids is 1. The predicted molar refractivity (Wildman–Crippen MR) is 64.8 cm³/mol. The fourth-order valence-corrected chi connectivity index (χ4v) is 1.98. The summed E-state index contributed by atoms with van der Waals surface area (Å²) in [6.45, 7) is 3.53. The van der Waals surface area contributed by atoms with Crippen LogP contribution in [-0.2, 0) is 16.0 Å². The van der Waals surface area contributed by atoms with Gasteiger partial charge in [0.2, 0.25) is 5.91 Å². The van der Waals surface area contributed by atoms with Crippen molar-refractivity contribution in [1.82, 2.24) is 10.3 Å². The first-order valence-corrected chi connectivity index (χ1v) is 6.29. The highest BCUT2D eigenvalue weighted by atomic mass is 32.1. The SMILES string of the molecule is CC(C)[C@H](NC(=O)CCc1nccs1)C(=O)O. The summed E-state index contributed by atoms with van der Waals surface area (Å²) in [5.74, 6) is -1.37. The summed E-state index contributed by atoms with van der Waals surface area (Å²) in [7, 11) is 0. The second kappa shape index (κ2) is 6.34. The molecule has 1 rings (SSSR count). The Balaban J connectivity index is 2.40. The van der Waals surface area contributed by atoms with Crippen LogP contribution in [0.5, 0.6) is 0 Å². The molecule has 0 spiro atoms. The van der Waals surface area contributed by atoms with Gasteiger partial charge in [-0.1, -0.05) is 13.8 Å². The first kappa shape index (κ1) is 13.6. The molecular formula is C11H16N2O3S. The van der Waals surface area contributed by atoms with Crippen LogP contribution in [0.2, 0.25) is 0 Å². The van der Waals surface area contributed by atoms with Gasteiger partial charge < -0.3 is 10.4 Å². The number of amides is 1. The third-order valence-corrected chi connectivity index (χ3v) is 3.14. The Labute approximate surface area is 104 Å². The van der Waals surface area contributed by atoms with Crippen LogP contribution in [-0.4, -0.2) is 28.0 Å². The molecule has 1 amide bonds. The van der Waals surface area contributed by atoms with E-state index in [1.165, 1.54) is 11.3 Å². The zero-order valence-electron chi connectivity index (χ0n) is 9.84. The Kier molecular flexibility index (Phi) is 5.09. The van der Waals surface area contributed by atoms with E-state index in [0.29, 0.717) is 6.42 Å². The van der Waals surface area contributed by atoms with Crippen LogP contribution in [0.1, 0.15) is 25.3 Å². The lowest BCUT2D eigenvalue weighted by Gasteiger charge is -2.17. The van der Waals surface area contributed by atoms with Crippen molar-refractivity contribution in [3.63, 3.8) is 0 Å². The summed E-state index contributed by atoms with van der Waals surface area (Å²) < 4.78 is 0. The van der Waals surface area contributed by atoms with Gasteiger partial charge in [-0.25, -0.2) is 9.78 Å². The van der Waals surface area contributed by atoms with Gasteiger partial charge in [-0.05, 0) is 5.92 Å². The third kappa shape index (κ3) is 4.52. The molecule has 17 heavy (non-hydrogen) atoms. The maximum Gasteiger partial charge on any atom is 0.326 e. The second-order valence-corrected chi connectivity index (χ2v) is 5.03. The third-order valence-electron chi connectivity index (χ3n) is 2.30. The van der Waals surface area contributed by atoms with E-state index in [4.69, 9.17) is 5.11 Å². The van der Waals surface area contributed by atoms with Crippen LogP contribution in [0, 0.1) is 5.92 Å². The van der Waals surface area contributed by atoms with Crippen LogP contribution in [0.4, 0.5) is 0 Å². The minimum absolute atomic E-state index is 0.128. The van der Waals surface area contributed by atoms with E-state index in [0.717, 1.165) is 5.01 Å². The molecule has 0 unspecified atom stereocenters. The number of hydrogen-bond acceptors (Lipinski definition) is 4. The quantitative estimate of drug-likeness (QED) is 0.804. The van der Waals surface area contributed by atoms with Crippen molar-refractivity contribution in [2.45, 2.75) is 32.7 Å². The normalized spacial score (nSPS) is 12.4. The van der Waals surface area contributed by atoms with E-state index in [9.17, 15) is 9.59 Å². The molecule has 0 bridgehead atoms. The average molecular weight is 256 g/mol. The van der Waals surface area contributed by atoms with E-state index < -0.39 is 12.0 Å². The maximum absolute atomic E-state index is 11.6. The standard InChI is InChI=1S/C11H16N2O3S/c1-7(2)10(11(15)16)13-8(14)3-4-9-12-5-6-17-9/h5-7,10H,3-4H2,1-2H3,(H,13,14)(H,15,16)/t10-/m0/s1. The lowest BCUT2D eigenvalue weighted by molar-refractivity contribution is -0.143. The van der Waals surface area contributed by atoms with Crippen molar-refractivity contribution in [3.05, 3.63) is 16.6 Å². The first-order chi connectivity index (χ1) is 8.00. The van der Waals surface area contributed by atoms with E-state index in [1.807, 2.05) is 5.38 Å². The Morgan fingerprint density at radius 3 is 2.71 bits per heavy atom. The molecule has 6 heteroatoms. The summed E-state index contributed by atoms with van der Waals surface area (Å²) >= 11 is 1.49. The monoisotopic (exact) mass is 256 g/mol. The van der Waals surface area contributed by atoms with Gasteiger partial charge in [-0.15, -0.1) is 11.3 Å². The smallest absolute Gasteiger partial charge is 0.326 e. The molecule has 1 atom stereocenters. The van der Waals surface area contributed by atoms with E-state index in [1.54, 1.807) is 20.0 Å². The van der Waals surface area contributed by atoms with Crippen molar-refractivity contribution in [3.8, 4) is 0 Å². The van der Waals surface area contributed by atoms with Crippen LogP contribution >= 0.6 is 11.3 Å². The second-order valence-electron chi connectivity index (χ2n) is 4.05. The zero-order valence-corrected chi connectivity index (χ0v) is 10.7. The number of rotatable bonds is 6. The summed E-state index contributed by atoms with van der Waals surface area (Å²) in [5, 5.41) is 14.2. The zero-order chi connectivity index (χ0) is 12.8. The molecule has 0 aliphatic rings. The molecule has 1 heterocycles. The van der Waals surface area contributed by atoms with Gasteiger partial charge in [-0.3, -0.25) is 4.79 Å². The number of thiazole rings is 1. The molecule has 0 saturated heterocycles. The number of aliphatic carboxylic acids is 1. The van der Waals surface area contributed by atoms with Crippen LogP contribution in [0.25, 0.3) is 0 Å². The molecule has 0 radical (unpaired) electrons. The lowest BCUT2D eigenvalue weighted by atomic mass is 10.0. The van der Waals surface area contributed by atoms with Gasteiger partial charge in [-0.2, -0.15) is 0 Å². The predicted octanol–water partition coefficient (Wildman–Crippen LogP) is 1.30. The van der Waals surface area contributed by atoms with Crippen molar-refractivity contribution in [1.29, 1.82) is 0 Å². The number of carbonyl (C=O) groups is 2. The average Bonchev–Trinajstić information content (AvgIpc) is 2.74. The van der Waals surface area contributed by atoms with E-state index in [2.05, 4.69) is 10.3 Å². The van der Waals surface area contributed by atoms with Crippen molar-refractivity contribution in [2.24, 2.45) is 5.92 Å². The molecule has 1 aromatic rings. The first-order valence-electron chi connectivity index (χ1n) is 5.41. The highest BCUT2D eigenvalue weighted by molar-refractivity contribution is 7.09. The number of aryl methyl sites for hydroxylation is 1. The molecule has 0 saturated carbocycles. The molecule has 0 aliphatic carbocycles. The minimum atomic E-state index is -0.998. The number of nitrogens with one attached hydrogen (secondary N) is 1. The summed E-state index contributed by atoms with van der Waals surface area (Å²) in [4.78, 5) is 26.5. The van der Waals surface area contributed by atoms with E-state index in [-0.39, 0.29) is 18.2 Å². The number of nitrogens with zero attached hydrogens (tertiary/aromatic N) is 1. The number of hydrogen-bond donors (Lipinski definition) is 2. The Bertz CT molecular complexity index is 376. The number of carboxylic acids is 1. The Hall–Kier alpha value is -1.43. The molecule has 1 aromatic heterocycles. The molecule has 0 fully saturated rings. The van der Waals surface area contributed by atoms with E-state index >= 15 is 0 Å². The molecular weight excluding hydrogens is 240 g/mol. The maximum atomic E-state index is 11.6. The van der Waals surface area contributed by atoms with Crippen LogP contribution in [0.3, 0.4) is 0 Å². The number of carboxylic acid groups (broad SMARTS) is 1. The van der Waals surface area contributed by atoms with Gasteiger partial charge >= 0.3 is 5.97 Å². The fraction of sp³-hybridized carbons (Fsp3) is 0.545. The van der Waals surface area contributed by atoms with Crippen molar-refractivity contribution in [2.75, 3.05) is 0 Å². The topological polar surface area (TPSA) is 79.3 Å². The number of aromatic nitrogens is 1. The van der Waals surface area contributed by atoms with Crippen LogP contribution in [0.15, 0.2) is 11.6 Å². The lowest BCUT2D eigenvalue weighted by Crippen LogP contribution is -2.44. The molecule has 5 nitrogen and oxygen atoms in total. The highest BCUT2D eigenvalue weighted by Gasteiger charge is 2.23. The summed E-state index contributed by atoms with van der Waals surface area (Å²) in [6, 6.07) is -0.821. The summed E-state index contributed by atoms with van der Waals surface area (Å²) in [5.41, 5.74) is 0. The highest BCUT2D eigenvalue weighted by Crippen LogP contribution is 2.07. The molecule has 94 valence electrons. The fourth-order valence-electron chi connectivity index (χ4n) is 1.36. The van der Waals surface area contributed by atoms with Gasteiger partial charge in [0.05, 0.1) is 5.01 Å². The largest absolute Gasteiger partial charge is 0.480 e. The molecule has 0 aliphatic heterocycles. The van der Waals surface area contributed by atoms with Gasteiger partial charge in [0.15, 0.2) is 0 Å². The summed E-state index contributed by atoms with van der Waals surface area (Å²) in [6.07, 6.45) is 2.50.